The van der Waals surface area contributed by atoms with Crippen LogP contribution in [0.4, 0.5) is 30.5 Å². The van der Waals surface area contributed by atoms with Gasteiger partial charge in [0.1, 0.15) is 11.7 Å². The van der Waals surface area contributed by atoms with Crippen molar-refractivity contribution >= 4 is 34.2 Å². The van der Waals surface area contributed by atoms with Gasteiger partial charge in [-0.25, -0.2) is 18.2 Å². The van der Waals surface area contributed by atoms with Crippen LogP contribution >= 0.6 is 0 Å². The second kappa shape index (κ2) is 13.1. The van der Waals surface area contributed by atoms with Crippen LogP contribution in [0.1, 0.15) is 51.3 Å². The molecule has 0 saturated carbocycles. The quantitative estimate of drug-likeness (QED) is 0.186. The maximum Gasteiger partial charge on any atom is 0.306 e. The first-order chi connectivity index (χ1) is 20.4. The average Bonchev–Trinajstić information content (AvgIpc) is 3.34. The summed E-state index contributed by atoms with van der Waals surface area (Å²) in [5, 5.41) is 20.9. The lowest BCUT2D eigenvalue weighted by molar-refractivity contribution is -0.155. The van der Waals surface area contributed by atoms with Crippen molar-refractivity contribution in [2.75, 3.05) is 24.4 Å². The highest BCUT2D eigenvalue weighted by Crippen LogP contribution is 2.33. The Kier molecular flexibility index (Phi) is 9.56. The van der Waals surface area contributed by atoms with Crippen molar-refractivity contribution in [3.8, 4) is 6.07 Å². The van der Waals surface area contributed by atoms with Crippen LogP contribution in [0, 0.1) is 34.7 Å². The lowest BCUT2D eigenvalue weighted by atomic mass is 9.91. The van der Waals surface area contributed by atoms with Gasteiger partial charge < -0.3 is 20.1 Å². The lowest BCUT2D eigenvalue weighted by Gasteiger charge is -2.28. The van der Waals surface area contributed by atoms with Crippen molar-refractivity contribution < 1.29 is 27.4 Å². The molecule has 0 unspecified atom stereocenters. The number of halogens is 3. The van der Waals surface area contributed by atoms with Gasteiger partial charge in [-0.05, 0) is 68.7 Å². The molecule has 2 aromatic carbocycles. The molecule has 0 fully saturated rings. The number of aromatic nitrogens is 3. The lowest BCUT2D eigenvalue weighted by Crippen LogP contribution is -2.28. The molecule has 0 radical (unpaired) electrons. The van der Waals surface area contributed by atoms with Crippen LogP contribution in [0.2, 0.25) is 0 Å². The molecular weight excluding hydrogens is 561 g/mol. The Morgan fingerprint density at radius 1 is 1.07 bits per heavy atom. The molecule has 9 nitrogen and oxygen atoms in total. The minimum absolute atomic E-state index is 0.0508. The Bertz CT molecular complexity index is 1660. The van der Waals surface area contributed by atoms with E-state index in [1.54, 1.807) is 51.7 Å². The molecule has 43 heavy (non-hydrogen) atoms. The number of methoxy groups -OCH3 is 1. The zero-order chi connectivity index (χ0) is 31.3. The largest absolute Gasteiger partial charge is 0.460 e. The summed E-state index contributed by atoms with van der Waals surface area (Å²) >= 11 is 0. The Balaban J connectivity index is 1.66. The first-order valence-electron chi connectivity index (χ1n) is 13.6. The molecule has 2 N–H and O–H groups in total. The van der Waals surface area contributed by atoms with Gasteiger partial charge in [-0.1, -0.05) is 13.0 Å². The number of pyridine rings is 1. The molecule has 0 saturated heterocycles. The minimum Gasteiger partial charge on any atom is -0.460 e. The number of hydrogen-bond donors (Lipinski definition) is 2. The second-order valence-electron chi connectivity index (χ2n) is 11.1. The Labute approximate surface area is 247 Å². The standard InChI is InChI=1S/C31H33F3N6O3/c1-18(12-27(41)43-31(2,3)4)28(19-6-8-23(32)24(33)14-19)38-30-25(34)15-20(16-35)29(39-30)37-22-7-9-26-21(13-22)17-36-40(26)10-11-42-5/h6-9,13-15,17-18,28H,10-12H2,1-5H3,(H2,37,38,39)/t18-,28+/m1/s1. The molecule has 2 heterocycles. The van der Waals surface area contributed by atoms with Gasteiger partial charge in [-0.2, -0.15) is 10.4 Å². The van der Waals surface area contributed by atoms with E-state index in [0.29, 0.717) is 18.8 Å². The number of fused-ring (bicyclic) bond motifs is 1. The first kappa shape index (κ1) is 31.3. The zero-order valence-corrected chi connectivity index (χ0v) is 24.5. The third-order valence-electron chi connectivity index (χ3n) is 6.58. The van der Waals surface area contributed by atoms with E-state index in [1.807, 2.05) is 18.2 Å². The smallest absolute Gasteiger partial charge is 0.306 e. The maximum absolute atomic E-state index is 15.3. The highest BCUT2D eigenvalue weighted by Gasteiger charge is 2.27. The number of carbonyl (C=O) groups is 1. The van der Waals surface area contributed by atoms with Crippen molar-refractivity contribution in [2.24, 2.45) is 5.92 Å². The summed E-state index contributed by atoms with van der Waals surface area (Å²) in [7, 11) is 1.61. The Morgan fingerprint density at radius 3 is 2.51 bits per heavy atom. The van der Waals surface area contributed by atoms with Gasteiger partial charge in [0.05, 0.1) is 42.9 Å². The molecule has 12 heteroatoms. The maximum atomic E-state index is 15.3. The van der Waals surface area contributed by atoms with Crippen molar-refractivity contribution in [3.05, 3.63) is 77.2 Å². The number of nitriles is 1. The Morgan fingerprint density at radius 2 is 1.84 bits per heavy atom. The van der Waals surface area contributed by atoms with E-state index in [9.17, 15) is 18.8 Å². The van der Waals surface area contributed by atoms with Crippen molar-refractivity contribution in [2.45, 2.75) is 52.3 Å². The molecule has 2 atom stereocenters. The van der Waals surface area contributed by atoms with E-state index < -0.39 is 41.0 Å². The minimum atomic E-state index is -1.09. The van der Waals surface area contributed by atoms with E-state index in [4.69, 9.17) is 9.47 Å². The molecule has 0 amide bonds. The van der Waals surface area contributed by atoms with Gasteiger partial charge in [-0.15, -0.1) is 0 Å². The van der Waals surface area contributed by atoms with Crippen LogP contribution in [-0.2, 0) is 20.8 Å². The van der Waals surface area contributed by atoms with Crippen LogP contribution in [0.5, 0.6) is 0 Å². The molecule has 0 bridgehead atoms. The molecular formula is C31H33F3N6O3. The van der Waals surface area contributed by atoms with Crippen LogP contribution in [-0.4, -0.2) is 40.1 Å². The molecule has 226 valence electrons. The summed E-state index contributed by atoms with van der Waals surface area (Å²) in [6, 6.07) is 10.8. The number of esters is 1. The number of nitrogens with zero attached hydrogens (tertiary/aromatic N) is 4. The van der Waals surface area contributed by atoms with Crippen molar-refractivity contribution in [1.82, 2.24) is 14.8 Å². The van der Waals surface area contributed by atoms with Crippen LogP contribution in [0.15, 0.2) is 48.7 Å². The highest BCUT2D eigenvalue weighted by molar-refractivity contribution is 5.83. The van der Waals surface area contributed by atoms with Gasteiger partial charge in [0.15, 0.2) is 29.1 Å². The normalized spacial score (nSPS) is 12.9. The predicted molar refractivity (Wildman–Crippen MR) is 156 cm³/mol. The Hall–Kier alpha value is -4.63. The number of rotatable bonds is 11. The van der Waals surface area contributed by atoms with Gasteiger partial charge in [0.2, 0.25) is 0 Å². The van der Waals surface area contributed by atoms with E-state index in [1.165, 1.54) is 6.07 Å². The molecule has 0 spiro atoms. The SMILES string of the molecule is COCCn1ncc2cc(Nc3nc(N[C@H](c4ccc(F)c(F)c4)[C@H](C)CC(=O)OC(C)(C)C)c(F)cc3C#N)ccc21. The highest BCUT2D eigenvalue weighted by atomic mass is 19.2. The molecule has 0 aliphatic carbocycles. The number of benzene rings is 2. The summed E-state index contributed by atoms with van der Waals surface area (Å²) in [5.74, 6) is -4.23. The van der Waals surface area contributed by atoms with Gasteiger partial charge >= 0.3 is 5.97 Å². The number of ether oxygens (including phenoxy) is 2. The molecule has 0 aliphatic heterocycles. The molecule has 0 aliphatic rings. The van der Waals surface area contributed by atoms with Crippen LogP contribution in [0.25, 0.3) is 10.9 Å². The van der Waals surface area contributed by atoms with Crippen LogP contribution in [0.3, 0.4) is 0 Å². The number of anilines is 3. The first-order valence-corrected chi connectivity index (χ1v) is 13.6. The van der Waals surface area contributed by atoms with E-state index in [0.717, 1.165) is 29.1 Å². The van der Waals surface area contributed by atoms with Crippen molar-refractivity contribution in [1.29, 1.82) is 5.26 Å². The fourth-order valence-corrected chi connectivity index (χ4v) is 4.60. The third-order valence-corrected chi connectivity index (χ3v) is 6.58. The summed E-state index contributed by atoms with van der Waals surface area (Å²) in [6.07, 6.45) is 1.60. The van der Waals surface area contributed by atoms with E-state index in [2.05, 4.69) is 20.7 Å². The summed E-state index contributed by atoms with van der Waals surface area (Å²) in [5.41, 5.74) is 0.951. The topological polar surface area (TPSA) is 114 Å². The average molecular weight is 595 g/mol. The molecule has 2 aromatic heterocycles. The summed E-state index contributed by atoms with van der Waals surface area (Å²) in [6.45, 7) is 7.97. The predicted octanol–water partition coefficient (Wildman–Crippen LogP) is 6.63. The number of nitrogens with one attached hydrogen (secondary N) is 2. The number of carbonyl (C=O) groups excluding carboxylic acids is 1. The van der Waals surface area contributed by atoms with Gasteiger partial charge in [-0.3, -0.25) is 9.48 Å². The molecule has 4 aromatic rings. The van der Waals surface area contributed by atoms with Crippen LogP contribution < -0.4 is 10.6 Å². The summed E-state index contributed by atoms with van der Waals surface area (Å²) < 4.78 is 55.6. The zero-order valence-electron chi connectivity index (χ0n) is 24.5. The fraction of sp³-hybridized carbons (Fsp3) is 0.355. The van der Waals surface area contributed by atoms with E-state index >= 15 is 4.39 Å². The second-order valence-corrected chi connectivity index (χ2v) is 11.1. The number of hydrogen-bond acceptors (Lipinski definition) is 8. The van der Waals surface area contributed by atoms with Crippen molar-refractivity contribution in [3.63, 3.8) is 0 Å². The van der Waals surface area contributed by atoms with Gasteiger partial charge in [0, 0.05) is 18.2 Å². The molecule has 4 rings (SSSR count). The van der Waals surface area contributed by atoms with E-state index in [-0.39, 0.29) is 29.2 Å². The summed E-state index contributed by atoms with van der Waals surface area (Å²) in [4.78, 5) is 16.9. The monoisotopic (exact) mass is 594 g/mol. The fourth-order valence-electron chi connectivity index (χ4n) is 4.60. The van der Waals surface area contributed by atoms with Gasteiger partial charge in [0.25, 0.3) is 0 Å². The third kappa shape index (κ3) is 7.81.